The zero-order valence-corrected chi connectivity index (χ0v) is 14.4. The van der Waals surface area contributed by atoms with Gasteiger partial charge in [0.2, 0.25) is 0 Å². The molecule has 0 atom stereocenters. The largest absolute Gasteiger partial charge is 0.351 e. The molecule has 20 heavy (non-hydrogen) atoms. The molecule has 2 rings (SSSR count). The topological polar surface area (TPSA) is 28.2 Å². The fourth-order valence-electron chi connectivity index (χ4n) is 2.74. The van der Waals surface area contributed by atoms with Crippen molar-refractivity contribution in [2.45, 2.75) is 65.5 Å². The van der Waals surface area contributed by atoms with Crippen LogP contribution in [0.25, 0.3) is 0 Å². The first kappa shape index (κ1) is 15.8. The Morgan fingerprint density at radius 2 is 1.95 bits per heavy atom. The minimum absolute atomic E-state index is 0.159. The normalized spacial score (nSPS) is 16.9. The Morgan fingerprint density at radius 3 is 2.55 bits per heavy atom. The molecular formula is C16H29N3S. The van der Waals surface area contributed by atoms with Crippen molar-refractivity contribution in [1.29, 1.82) is 0 Å². The summed E-state index contributed by atoms with van der Waals surface area (Å²) in [5, 5.41) is 4.74. The third-order valence-electron chi connectivity index (χ3n) is 3.99. The number of aromatic nitrogens is 1. The van der Waals surface area contributed by atoms with E-state index in [2.05, 4.69) is 45.0 Å². The molecule has 0 aromatic carbocycles. The summed E-state index contributed by atoms with van der Waals surface area (Å²) in [5.41, 5.74) is 1.34. The molecule has 0 amide bonds. The Bertz CT molecular complexity index is 427. The fourth-order valence-corrected chi connectivity index (χ4v) is 3.71. The first-order valence-corrected chi connectivity index (χ1v) is 8.59. The maximum Gasteiger partial charge on any atom is 0.185 e. The van der Waals surface area contributed by atoms with Crippen LogP contribution in [0.2, 0.25) is 0 Å². The van der Waals surface area contributed by atoms with Gasteiger partial charge in [-0.25, -0.2) is 4.98 Å². The van der Waals surface area contributed by atoms with Crippen LogP contribution in [-0.2, 0) is 6.54 Å². The fraction of sp³-hybridized carbons (Fsp3) is 0.812. The van der Waals surface area contributed by atoms with Gasteiger partial charge in [-0.05, 0) is 46.5 Å². The van der Waals surface area contributed by atoms with Crippen molar-refractivity contribution in [3.8, 4) is 0 Å². The van der Waals surface area contributed by atoms with E-state index in [1.165, 1.54) is 47.9 Å². The molecule has 0 aliphatic heterocycles. The molecule has 0 radical (unpaired) electrons. The lowest BCUT2D eigenvalue weighted by Gasteiger charge is -2.20. The van der Waals surface area contributed by atoms with E-state index >= 15 is 0 Å². The first-order valence-electron chi connectivity index (χ1n) is 7.77. The van der Waals surface area contributed by atoms with E-state index in [0.717, 1.165) is 12.5 Å². The van der Waals surface area contributed by atoms with Gasteiger partial charge in [-0.3, -0.25) is 0 Å². The number of thiazole rings is 1. The Balaban J connectivity index is 1.95. The van der Waals surface area contributed by atoms with Crippen LogP contribution in [0.1, 0.15) is 57.0 Å². The molecule has 1 saturated carbocycles. The zero-order valence-electron chi connectivity index (χ0n) is 13.6. The van der Waals surface area contributed by atoms with E-state index in [4.69, 9.17) is 4.98 Å². The van der Waals surface area contributed by atoms with Crippen LogP contribution in [0.15, 0.2) is 0 Å². The third-order valence-corrected chi connectivity index (χ3v) is 5.27. The van der Waals surface area contributed by atoms with Gasteiger partial charge in [0.25, 0.3) is 0 Å². The van der Waals surface area contributed by atoms with Gasteiger partial charge in [-0.2, -0.15) is 0 Å². The number of anilines is 1. The van der Waals surface area contributed by atoms with Crippen LogP contribution >= 0.6 is 11.3 Å². The summed E-state index contributed by atoms with van der Waals surface area (Å²) in [6.07, 6.45) is 5.62. The maximum atomic E-state index is 4.76. The van der Waals surface area contributed by atoms with Crippen molar-refractivity contribution in [3.05, 3.63) is 10.6 Å². The second-order valence-corrected chi connectivity index (χ2v) is 8.20. The number of hydrogen-bond donors (Lipinski definition) is 1. The molecule has 4 heteroatoms. The number of nitrogens with zero attached hydrogens (tertiary/aromatic N) is 2. The van der Waals surface area contributed by atoms with Gasteiger partial charge in [0.05, 0.1) is 5.69 Å². The van der Waals surface area contributed by atoms with Gasteiger partial charge in [0.1, 0.15) is 0 Å². The average molecular weight is 295 g/mol. The summed E-state index contributed by atoms with van der Waals surface area (Å²) in [6, 6.07) is 0. The number of hydrogen-bond acceptors (Lipinski definition) is 4. The lowest BCUT2D eigenvalue weighted by atomic mass is 10.1. The van der Waals surface area contributed by atoms with Gasteiger partial charge < -0.3 is 10.2 Å². The van der Waals surface area contributed by atoms with Crippen LogP contribution < -0.4 is 10.2 Å². The first-order chi connectivity index (χ1) is 9.35. The van der Waals surface area contributed by atoms with Crippen LogP contribution in [-0.4, -0.2) is 24.1 Å². The Hall–Kier alpha value is -0.610. The van der Waals surface area contributed by atoms with E-state index in [0.29, 0.717) is 0 Å². The predicted octanol–water partition coefficient (Wildman–Crippen LogP) is 3.97. The molecule has 0 bridgehead atoms. The molecule has 1 N–H and O–H groups in total. The minimum atomic E-state index is 0.159. The average Bonchev–Trinajstić information content (AvgIpc) is 2.95. The molecule has 0 saturated heterocycles. The SMILES string of the molecule is Cc1nc(N(C)CC2CCCC2)sc1CNC(C)(C)C. The molecule has 0 unspecified atom stereocenters. The summed E-state index contributed by atoms with van der Waals surface area (Å²) in [7, 11) is 2.19. The summed E-state index contributed by atoms with van der Waals surface area (Å²) >= 11 is 1.84. The highest BCUT2D eigenvalue weighted by Gasteiger charge is 2.19. The van der Waals surface area contributed by atoms with Gasteiger partial charge in [-0.15, -0.1) is 11.3 Å². The Kier molecular flexibility index (Phi) is 5.08. The lowest BCUT2D eigenvalue weighted by Crippen LogP contribution is -2.34. The zero-order chi connectivity index (χ0) is 14.8. The molecule has 1 fully saturated rings. The molecule has 1 aliphatic carbocycles. The van der Waals surface area contributed by atoms with Crippen molar-refractivity contribution in [3.63, 3.8) is 0 Å². The molecule has 1 heterocycles. The summed E-state index contributed by atoms with van der Waals surface area (Å²) in [6.45, 7) is 10.8. The van der Waals surface area contributed by atoms with Crippen LogP contribution in [0.4, 0.5) is 5.13 Å². The summed E-state index contributed by atoms with van der Waals surface area (Å²) in [4.78, 5) is 8.48. The lowest BCUT2D eigenvalue weighted by molar-refractivity contribution is 0.425. The number of aryl methyl sites for hydroxylation is 1. The maximum absolute atomic E-state index is 4.76. The smallest absolute Gasteiger partial charge is 0.185 e. The van der Waals surface area contributed by atoms with E-state index in [9.17, 15) is 0 Å². The van der Waals surface area contributed by atoms with Gasteiger partial charge in [-0.1, -0.05) is 12.8 Å². The van der Waals surface area contributed by atoms with Gasteiger partial charge in [0, 0.05) is 30.6 Å². The summed E-state index contributed by atoms with van der Waals surface area (Å²) < 4.78 is 0. The number of nitrogens with one attached hydrogen (secondary N) is 1. The van der Waals surface area contributed by atoms with Crippen molar-refractivity contribution in [2.75, 3.05) is 18.5 Å². The second-order valence-electron chi connectivity index (χ2n) is 7.14. The molecule has 1 aliphatic rings. The van der Waals surface area contributed by atoms with E-state index in [1.807, 2.05) is 11.3 Å². The number of rotatable bonds is 5. The highest BCUT2D eigenvalue weighted by molar-refractivity contribution is 7.15. The van der Waals surface area contributed by atoms with E-state index in [1.54, 1.807) is 0 Å². The molecule has 0 spiro atoms. The van der Waals surface area contributed by atoms with Crippen molar-refractivity contribution in [1.82, 2.24) is 10.3 Å². The molecule has 1 aromatic heterocycles. The Labute approximate surface area is 127 Å². The van der Waals surface area contributed by atoms with Crippen molar-refractivity contribution in [2.24, 2.45) is 5.92 Å². The second kappa shape index (κ2) is 6.44. The van der Waals surface area contributed by atoms with E-state index in [-0.39, 0.29) is 5.54 Å². The Morgan fingerprint density at radius 1 is 1.30 bits per heavy atom. The summed E-state index contributed by atoms with van der Waals surface area (Å²) in [5.74, 6) is 0.875. The minimum Gasteiger partial charge on any atom is -0.351 e. The molecule has 1 aromatic rings. The van der Waals surface area contributed by atoms with Gasteiger partial charge in [0.15, 0.2) is 5.13 Å². The van der Waals surface area contributed by atoms with Crippen molar-refractivity contribution < 1.29 is 0 Å². The quantitative estimate of drug-likeness (QED) is 0.891. The van der Waals surface area contributed by atoms with E-state index < -0.39 is 0 Å². The van der Waals surface area contributed by atoms with Crippen molar-refractivity contribution >= 4 is 16.5 Å². The van der Waals surface area contributed by atoms with Crippen LogP contribution in [0, 0.1) is 12.8 Å². The van der Waals surface area contributed by atoms with Crippen LogP contribution in [0.5, 0.6) is 0 Å². The molecule has 114 valence electrons. The molecule has 3 nitrogen and oxygen atoms in total. The van der Waals surface area contributed by atoms with Gasteiger partial charge >= 0.3 is 0 Å². The standard InChI is InChI=1S/C16H29N3S/c1-12-14(10-17-16(2,3)4)20-15(18-12)19(5)11-13-8-6-7-9-13/h13,17H,6-11H2,1-5H3. The monoisotopic (exact) mass is 295 g/mol. The third kappa shape index (κ3) is 4.45. The van der Waals surface area contributed by atoms with Crippen LogP contribution in [0.3, 0.4) is 0 Å². The highest BCUT2D eigenvalue weighted by Crippen LogP contribution is 2.30. The predicted molar refractivity (Wildman–Crippen MR) is 88.7 cm³/mol. The highest BCUT2D eigenvalue weighted by atomic mass is 32.1. The molecular weight excluding hydrogens is 266 g/mol.